The maximum atomic E-state index is 9.67. The van der Waals surface area contributed by atoms with Gasteiger partial charge in [0.1, 0.15) is 23.9 Å². The number of halogens is 1. The number of aromatic nitrogens is 4. The SMILES string of the molecule is Cc1noc(-c2ccccc2)c1CSC[C@H]1O[C@@H](n2cc(I)c3c(/N=C\N(C)C)nc(C#N)nc32)[C@@H]2OC(C)(C)O[C@@H]21. The summed E-state index contributed by atoms with van der Waals surface area (Å²) in [4.78, 5) is 15.3. The van der Waals surface area contributed by atoms with Crippen molar-refractivity contribution in [2.45, 2.75) is 56.9 Å². The molecule has 2 saturated heterocycles. The second-order valence-corrected chi connectivity index (χ2v) is 13.1. The van der Waals surface area contributed by atoms with E-state index in [1.165, 1.54) is 0 Å². The molecule has 4 atom stereocenters. The van der Waals surface area contributed by atoms with Gasteiger partial charge in [0.25, 0.3) is 0 Å². The lowest BCUT2D eigenvalue weighted by Crippen LogP contribution is -2.31. The Bertz CT molecular complexity index is 1680. The molecule has 42 heavy (non-hydrogen) atoms. The Labute approximate surface area is 261 Å². The van der Waals surface area contributed by atoms with Gasteiger partial charge >= 0.3 is 0 Å². The van der Waals surface area contributed by atoms with Crippen molar-refractivity contribution in [2.24, 2.45) is 4.99 Å². The van der Waals surface area contributed by atoms with E-state index in [2.05, 4.69) is 48.8 Å². The molecule has 0 bridgehead atoms. The van der Waals surface area contributed by atoms with E-state index in [1.54, 1.807) is 18.1 Å². The van der Waals surface area contributed by atoms with Crippen LogP contribution in [0.5, 0.6) is 0 Å². The molecule has 13 heteroatoms. The van der Waals surface area contributed by atoms with E-state index in [4.69, 9.17) is 18.7 Å². The zero-order chi connectivity index (χ0) is 29.6. The highest BCUT2D eigenvalue weighted by Gasteiger charge is 2.56. The molecule has 2 aliphatic heterocycles. The van der Waals surface area contributed by atoms with Crippen LogP contribution in [0.1, 0.15) is 37.2 Å². The Kier molecular flexibility index (Phi) is 8.01. The van der Waals surface area contributed by atoms with Gasteiger partial charge < -0.3 is 28.2 Å². The van der Waals surface area contributed by atoms with Crippen molar-refractivity contribution in [1.82, 2.24) is 24.6 Å². The lowest BCUT2D eigenvalue weighted by molar-refractivity contribution is -0.193. The van der Waals surface area contributed by atoms with E-state index in [9.17, 15) is 5.26 Å². The molecule has 3 aromatic heterocycles. The predicted molar refractivity (Wildman–Crippen MR) is 167 cm³/mol. The first kappa shape index (κ1) is 29.1. The number of nitriles is 1. The molecular weight excluding hydrogens is 669 g/mol. The largest absolute Gasteiger partial charge is 0.369 e. The van der Waals surface area contributed by atoms with Crippen LogP contribution < -0.4 is 0 Å². The normalized spacial score (nSPS) is 23.1. The summed E-state index contributed by atoms with van der Waals surface area (Å²) in [6, 6.07) is 12.1. The molecule has 2 fully saturated rings. The highest BCUT2D eigenvalue weighted by atomic mass is 127. The molecule has 0 N–H and O–H groups in total. The summed E-state index contributed by atoms with van der Waals surface area (Å²) >= 11 is 3.99. The molecule has 0 amide bonds. The Hall–Kier alpha value is -3.03. The number of hydrogen-bond acceptors (Lipinski definition) is 10. The summed E-state index contributed by atoms with van der Waals surface area (Å²) in [7, 11) is 3.75. The molecule has 0 radical (unpaired) electrons. The van der Waals surface area contributed by atoms with Crippen LogP contribution in [0.2, 0.25) is 0 Å². The van der Waals surface area contributed by atoms with Gasteiger partial charge in [0.05, 0.1) is 23.5 Å². The number of nitrogens with zero attached hydrogens (tertiary/aromatic N) is 7. The molecule has 0 unspecified atom stereocenters. The molecule has 0 spiro atoms. The third-order valence-corrected chi connectivity index (χ3v) is 8.94. The van der Waals surface area contributed by atoms with Gasteiger partial charge in [-0.05, 0) is 43.4 Å². The van der Waals surface area contributed by atoms with E-state index in [0.29, 0.717) is 23.0 Å². The first-order valence-electron chi connectivity index (χ1n) is 13.4. The van der Waals surface area contributed by atoms with Crippen molar-refractivity contribution in [3.8, 4) is 17.4 Å². The molecule has 2 aliphatic rings. The fourth-order valence-electron chi connectivity index (χ4n) is 5.26. The summed E-state index contributed by atoms with van der Waals surface area (Å²) in [6.45, 7) is 5.80. The van der Waals surface area contributed by atoms with Crippen LogP contribution in [-0.4, -0.2) is 74.9 Å². The number of ether oxygens (including phenoxy) is 3. The van der Waals surface area contributed by atoms with Gasteiger partial charge in [-0.25, -0.2) is 9.98 Å². The number of aliphatic imine (C=N–C) groups is 1. The Balaban J connectivity index is 1.28. The molecule has 4 aromatic rings. The van der Waals surface area contributed by atoms with Gasteiger partial charge in [0.15, 0.2) is 23.6 Å². The summed E-state index contributed by atoms with van der Waals surface area (Å²) in [5, 5.41) is 14.6. The van der Waals surface area contributed by atoms with Crippen LogP contribution in [0.15, 0.2) is 46.0 Å². The number of aryl methyl sites for hydroxylation is 1. The fraction of sp³-hybridized carbons (Fsp3) is 0.414. The van der Waals surface area contributed by atoms with Gasteiger partial charge in [0.2, 0.25) is 5.82 Å². The van der Waals surface area contributed by atoms with Crippen molar-refractivity contribution in [2.75, 3.05) is 19.8 Å². The van der Waals surface area contributed by atoms with Crippen molar-refractivity contribution >= 4 is 57.5 Å². The maximum absolute atomic E-state index is 9.67. The van der Waals surface area contributed by atoms with Crippen LogP contribution >= 0.6 is 34.4 Å². The average molecular weight is 700 g/mol. The quantitative estimate of drug-likeness (QED) is 0.133. The van der Waals surface area contributed by atoms with Gasteiger partial charge in [-0.3, -0.25) is 0 Å². The second kappa shape index (κ2) is 11.6. The minimum absolute atomic E-state index is 0.0352. The Morgan fingerprint density at radius 2 is 1.95 bits per heavy atom. The minimum Gasteiger partial charge on any atom is -0.369 e. The van der Waals surface area contributed by atoms with E-state index in [0.717, 1.165) is 31.5 Å². The van der Waals surface area contributed by atoms with Crippen molar-refractivity contribution in [3.05, 3.63) is 57.2 Å². The van der Waals surface area contributed by atoms with E-state index in [1.807, 2.05) is 80.9 Å². The molecule has 1 aromatic carbocycles. The zero-order valence-corrected chi connectivity index (χ0v) is 26.8. The van der Waals surface area contributed by atoms with Crippen molar-refractivity contribution in [3.63, 3.8) is 0 Å². The lowest BCUT2D eigenvalue weighted by Gasteiger charge is -2.25. The zero-order valence-electron chi connectivity index (χ0n) is 23.8. The number of fused-ring (bicyclic) bond motifs is 2. The molecule has 5 heterocycles. The molecule has 0 saturated carbocycles. The summed E-state index contributed by atoms with van der Waals surface area (Å²) in [6.07, 6.45) is 2.19. The summed E-state index contributed by atoms with van der Waals surface area (Å²) in [5.41, 5.74) is 3.51. The summed E-state index contributed by atoms with van der Waals surface area (Å²) in [5.74, 6) is 1.87. The van der Waals surface area contributed by atoms with E-state index < -0.39 is 12.0 Å². The number of thioether (sulfide) groups is 1. The lowest BCUT2D eigenvalue weighted by atomic mass is 10.1. The van der Waals surface area contributed by atoms with Crippen LogP contribution in [-0.2, 0) is 20.0 Å². The smallest absolute Gasteiger partial charge is 0.236 e. The topological polar surface area (TPSA) is 124 Å². The first-order valence-corrected chi connectivity index (χ1v) is 15.7. The minimum atomic E-state index is -0.768. The van der Waals surface area contributed by atoms with Gasteiger partial charge in [-0.15, -0.1) is 0 Å². The van der Waals surface area contributed by atoms with Crippen molar-refractivity contribution < 1.29 is 18.7 Å². The molecule has 6 rings (SSSR count). The standard InChI is InChI=1S/C29H30IN7O4S/c1-16-18(23(41-35-16)17-9-7-6-8-10-17)13-42-14-20-24-25(40-29(2,3)39-24)28(38-20)37-12-19(30)22-26(32-15-36(4)5)33-21(11-31)34-27(22)37/h6-10,12,15,20,24-25,28H,13-14H2,1-5H3/b32-15-/t20-,24-,25-,28-/m1/s1. The predicted octanol–water partition coefficient (Wildman–Crippen LogP) is 5.44. The third kappa shape index (κ3) is 5.53. The van der Waals surface area contributed by atoms with Gasteiger partial charge in [0, 0.05) is 46.5 Å². The first-order chi connectivity index (χ1) is 20.1. The number of rotatable bonds is 8. The highest BCUT2D eigenvalue weighted by Crippen LogP contribution is 2.46. The number of hydrogen-bond donors (Lipinski definition) is 0. The monoisotopic (exact) mass is 699 g/mol. The van der Waals surface area contributed by atoms with Crippen LogP contribution in [0.4, 0.5) is 5.82 Å². The van der Waals surface area contributed by atoms with Crippen molar-refractivity contribution in [1.29, 1.82) is 5.26 Å². The summed E-state index contributed by atoms with van der Waals surface area (Å²) < 4.78 is 27.9. The van der Waals surface area contributed by atoms with Gasteiger partial charge in [-0.1, -0.05) is 35.5 Å². The third-order valence-electron chi connectivity index (χ3n) is 7.07. The molecular formula is C29H30IN7O4S. The average Bonchev–Trinajstić information content (AvgIpc) is 3.68. The van der Waals surface area contributed by atoms with Gasteiger partial charge in [-0.2, -0.15) is 22.0 Å². The van der Waals surface area contributed by atoms with Crippen LogP contribution in [0.25, 0.3) is 22.4 Å². The maximum Gasteiger partial charge on any atom is 0.236 e. The fourth-order valence-corrected chi connectivity index (χ4v) is 7.21. The highest BCUT2D eigenvalue weighted by molar-refractivity contribution is 14.1. The van der Waals surface area contributed by atoms with E-state index in [-0.39, 0.29) is 24.1 Å². The second-order valence-electron chi connectivity index (χ2n) is 10.9. The molecule has 11 nitrogen and oxygen atoms in total. The number of benzene rings is 1. The Morgan fingerprint density at radius 1 is 1.19 bits per heavy atom. The Morgan fingerprint density at radius 3 is 2.69 bits per heavy atom. The van der Waals surface area contributed by atoms with E-state index >= 15 is 0 Å². The van der Waals surface area contributed by atoms with Crippen LogP contribution in [0, 0.1) is 21.8 Å². The molecule has 218 valence electrons. The van der Waals surface area contributed by atoms with Crippen LogP contribution in [0.3, 0.4) is 0 Å². The molecule has 0 aliphatic carbocycles.